The van der Waals surface area contributed by atoms with Crippen molar-refractivity contribution in [2.24, 2.45) is 23.2 Å². The molecule has 0 aromatic carbocycles. The summed E-state index contributed by atoms with van der Waals surface area (Å²) in [7, 11) is 0. The third-order valence-corrected chi connectivity index (χ3v) is 5.61. The van der Waals surface area contributed by atoms with Crippen molar-refractivity contribution < 1.29 is 4.79 Å². The number of Topliss-reactive ketones (excluding diaryl/α,β-unsaturated/α-hetero) is 1. The zero-order valence-electron chi connectivity index (χ0n) is 9.80. The van der Waals surface area contributed by atoms with Crippen LogP contribution in [0.3, 0.4) is 0 Å². The lowest BCUT2D eigenvalue weighted by Crippen LogP contribution is -2.45. The SMILES string of the molecule is CCC1CCCCC12C(=O)[C@@H]1CC[C@H]2C1. The number of fused-ring (bicyclic) bond motifs is 3. The minimum atomic E-state index is 0.177. The molecule has 3 aliphatic carbocycles. The summed E-state index contributed by atoms with van der Waals surface area (Å²) in [6.07, 6.45) is 10.3. The van der Waals surface area contributed by atoms with E-state index >= 15 is 0 Å². The van der Waals surface area contributed by atoms with E-state index in [1.165, 1.54) is 51.4 Å². The summed E-state index contributed by atoms with van der Waals surface area (Å²) in [6.45, 7) is 2.29. The van der Waals surface area contributed by atoms with Crippen LogP contribution in [0.2, 0.25) is 0 Å². The van der Waals surface area contributed by atoms with Gasteiger partial charge >= 0.3 is 0 Å². The average molecular weight is 206 g/mol. The van der Waals surface area contributed by atoms with E-state index < -0.39 is 0 Å². The summed E-state index contributed by atoms with van der Waals surface area (Å²) in [6, 6.07) is 0. The van der Waals surface area contributed by atoms with E-state index in [1.807, 2.05) is 0 Å². The maximum absolute atomic E-state index is 12.5. The Labute approximate surface area is 92.6 Å². The third-order valence-electron chi connectivity index (χ3n) is 5.61. The molecule has 0 aromatic heterocycles. The first-order valence-electron chi connectivity index (χ1n) is 6.83. The predicted molar refractivity (Wildman–Crippen MR) is 60.5 cm³/mol. The molecule has 1 spiro atoms. The third kappa shape index (κ3) is 1.13. The van der Waals surface area contributed by atoms with Crippen LogP contribution in [0.15, 0.2) is 0 Å². The van der Waals surface area contributed by atoms with E-state index in [0.717, 1.165) is 11.8 Å². The van der Waals surface area contributed by atoms with Crippen LogP contribution in [-0.4, -0.2) is 5.78 Å². The maximum atomic E-state index is 12.5. The highest BCUT2D eigenvalue weighted by atomic mass is 16.1. The Morgan fingerprint density at radius 2 is 2.13 bits per heavy atom. The first-order valence-corrected chi connectivity index (χ1v) is 6.83. The molecule has 0 N–H and O–H groups in total. The van der Waals surface area contributed by atoms with Gasteiger partial charge in [-0.3, -0.25) is 4.79 Å². The number of carbonyl (C=O) groups excluding carboxylic acids is 1. The maximum Gasteiger partial charge on any atom is 0.142 e. The Hall–Kier alpha value is -0.330. The molecule has 4 atom stereocenters. The molecule has 1 heteroatoms. The first kappa shape index (κ1) is 9.86. The molecule has 0 aliphatic heterocycles. The van der Waals surface area contributed by atoms with Gasteiger partial charge in [-0.2, -0.15) is 0 Å². The van der Waals surface area contributed by atoms with Gasteiger partial charge in [0.15, 0.2) is 0 Å². The molecule has 3 rings (SSSR count). The summed E-state index contributed by atoms with van der Waals surface area (Å²) in [5.41, 5.74) is 0.177. The predicted octanol–water partition coefficient (Wildman–Crippen LogP) is 3.57. The summed E-state index contributed by atoms with van der Waals surface area (Å²) in [5, 5.41) is 0. The quantitative estimate of drug-likeness (QED) is 0.641. The van der Waals surface area contributed by atoms with Crippen molar-refractivity contribution in [3.63, 3.8) is 0 Å². The minimum absolute atomic E-state index is 0.177. The second-order valence-corrected chi connectivity index (χ2v) is 5.96. The lowest BCUT2D eigenvalue weighted by atomic mass is 9.57. The van der Waals surface area contributed by atoms with Crippen LogP contribution in [0.5, 0.6) is 0 Å². The van der Waals surface area contributed by atoms with Gasteiger partial charge in [0.05, 0.1) is 0 Å². The smallest absolute Gasteiger partial charge is 0.142 e. The summed E-state index contributed by atoms with van der Waals surface area (Å²) >= 11 is 0. The second kappa shape index (κ2) is 3.33. The molecule has 3 fully saturated rings. The fraction of sp³-hybridized carbons (Fsp3) is 0.929. The fourth-order valence-electron chi connectivity index (χ4n) is 4.97. The summed E-state index contributed by atoms with van der Waals surface area (Å²) in [5.74, 6) is 2.67. The second-order valence-electron chi connectivity index (χ2n) is 5.96. The molecule has 3 saturated carbocycles. The zero-order valence-corrected chi connectivity index (χ0v) is 9.80. The minimum Gasteiger partial charge on any atom is -0.299 e. The number of hydrogen-bond donors (Lipinski definition) is 0. The van der Waals surface area contributed by atoms with Crippen LogP contribution in [0, 0.1) is 23.2 Å². The molecule has 0 heterocycles. The van der Waals surface area contributed by atoms with Crippen molar-refractivity contribution in [3.8, 4) is 0 Å². The normalized spacial score (nSPS) is 49.1. The Bertz CT molecular complexity index is 283. The van der Waals surface area contributed by atoms with Crippen LogP contribution in [0.25, 0.3) is 0 Å². The van der Waals surface area contributed by atoms with Gasteiger partial charge in [-0.05, 0) is 43.9 Å². The van der Waals surface area contributed by atoms with Gasteiger partial charge in [0.2, 0.25) is 0 Å². The lowest BCUT2D eigenvalue weighted by molar-refractivity contribution is -0.139. The molecule has 2 bridgehead atoms. The van der Waals surface area contributed by atoms with Crippen molar-refractivity contribution in [2.45, 2.75) is 58.3 Å². The van der Waals surface area contributed by atoms with Crippen molar-refractivity contribution >= 4 is 5.78 Å². The first-order chi connectivity index (χ1) is 7.29. The molecule has 0 radical (unpaired) electrons. The van der Waals surface area contributed by atoms with Gasteiger partial charge in [-0.1, -0.05) is 26.2 Å². The van der Waals surface area contributed by atoms with E-state index in [2.05, 4.69) is 6.92 Å². The van der Waals surface area contributed by atoms with E-state index in [-0.39, 0.29) is 5.41 Å². The molecule has 84 valence electrons. The summed E-state index contributed by atoms with van der Waals surface area (Å²) in [4.78, 5) is 12.5. The van der Waals surface area contributed by atoms with E-state index in [9.17, 15) is 4.79 Å². The van der Waals surface area contributed by atoms with Gasteiger partial charge in [0.1, 0.15) is 5.78 Å². The van der Waals surface area contributed by atoms with Crippen LogP contribution in [0.1, 0.15) is 58.3 Å². The van der Waals surface area contributed by atoms with E-state index in [4.69, 9.17) is 0 Å². The molecule has 15 heavy (non-hydrogen) atoms. The number of hydrogen-bond acceptors (Lipinski definition) is 1. The fourth-order valence-corrected chi connectivity index (χ4v) is 4.97. The van der Waals surface area contributed by atoms with Gasteiger partial charge < -0.3 is 0 Å². The molecule has 3 aliphatic rings. The lowest BCUT2D eigenvalue weighted by Gasteiger charge is -2.45. The Morgan fingerprint density at radius 3 is 2.80 bits per heavy atom. The Kier molecular flexibility index (Phi) is 2.19. The van der Waals surface area contributed by atoms with Crippen LogP contribution < -0.4 is 0 Å². The Morgan fingerprint density at radius 1 is 1.27 bits per heavy atom. The van der Waals surface area contributed by atoms with Crippen molar-refractivity contribution in [1.29, 1.82) is 0 Å². The van der Waals surface area contributed by atoms with Gasteiger partial charge in [0, 0.05) is 11.3 Å². The monoisotopic (exact) mass is 206 g/mol. The van der Waals surface area contributed by atoms with E-state index in [1.54, 1.807) is 0 Å². The summed E-state index contributed by atoms with van der Waals surface area (Å²) < 4.78 is 0. The molecule has 2 unspecified atom stereocenters. The highest BCUT2D eigenvalue weighted by Gasteiger charge is 2.60. The van der Waals surface area contributed by atoms with Gasteiger partial charge in [-0.25, -0.2) is 0 Å². The van der Waals surface area contributed by atoms with E-state index in [0.29, 0.717) is 11.7 Å². The molecule has 0 saturated heterocycles. The largest absolute Gasteiger partial charge is 0.299 e. The number of rotatable bonds is 1. The topological polar surface area (TPSA) is 17.1 Å². The van der Waals surface area contributed by atoms with Crippen LogP contribution >= 0.6 is 0 Å². The molecule has 0 aromatic rings. The number of ketones is 1. The van der Waals surface area contributed by atoms with Gasteiger partial charge in [0.25, 0.3) is 0 Å². The van der Waals surface area contributed by atoms with Crippen molar-refractivity contribution in [2.75, 3.05) is 0 Å². The van der Waals surface area contributed by atoms with Crippen molar-refractivity contribution in [3.05, 3.63) is 0 Å². The number of carbonyl (C=O) groups is 1. The average Bonchev–Trinajstić information content (AvgIpc) is 2.84. The highest BCUT2D eigenvalue weighted by molar-refractivity contribution is 5.91. The standard InChI is InChI=1S/C14H22O/c1-2-11-5-3-4-8-14(11)12-7-6-10(9-12)13(14)15/h10-12H,2-9H2,1H3/t10-,11?,12+,14?/m1/s1. The van der Waals surface area contributed by atoms with Crippen LogP contribution in [0.4, 0.5) is 0 Å². The zero-order chi connectivity index (χ0) is 10.5. The molecular formula is C14H22O. The van der Waals surface area contributed by atoms with Crippen molar-refractivity contribution in [1.82, 2.24) is 0 Å². The van der Waals surface area contributed by atoms with Gasteiger partial charge in [-0.15, -0.1) is 0 Å². The highest BCUT2D eigenvalue weighted by Crippen LogP contribution is 2.62. The molecule has 1 nitrogen and oxygen atoms in total. The Balaban J connectivity index is 1.96. The molecular weight excluding hydrogens is 184 g/mol. The van der Waals surface area contributed by atoms with Crippen LogP contribution in [-0.2, 0) is 4.79 Å². The molecule has 0 amide bonds.